The first kappa shape index (κ1) is 120. The van der Waals surface area contributed by atoms with E-state index in [1.165, 1.54) is 103 Å². The zero-order chi connectivity index (χ0) is 101. The highest BCUT2D eigenvalue weighted by Gasteiger charge is 2.96. The van der Waals surface area contributed by atoms with Crippen molar-refractivity contribution in [3.05, 3.63) is 143 Å². The molecule has 736 valence electrons. The van der Waals surface area contributed by atoms with E-state index in [-0.39, 0.29) is 0 Å². The Bertz CT molecular complexity index is 4480. The number of aryl methyl sites for hydroxylation is 1. The molecular formula is C66H62F38O16S8. The maximum Gasteiger partial charge on any atom is 0.485 e. The summed E-state index contributed by atoms with van der Waals surface area (Å²) in [5, 5.41) is -22.2. The molecule has 0 saturated carbocycles. The number of ketones is 4. The van der Waals surface area contributed by atoms with Gasteiger partial charge in [-0.15, -0.1) is 0 Å². The summed E-state index contributed by atoms with van der Waals surface area (Å²) in [5.74, 6) is -67.1. The molecule has 4 aliphatic rings. The molecule has 128 heavy (non-hydrogen) atoms. The second-order valence-corrected chi connectivity index (χ2v) is 41.1. The lowest BCUT2D eigenvalue weighted by molar-refractivity contribution is -0.458. The summed E-state index contributed by atoms with van der Waals surface area (Å²) in [7, 11) is -27.5. The van der Waals surface area contributed by atoms with Gasteiger partial charge in [-0.1, -0.05) is 121 Å². The van der Waals surface area contributed by atoms with Crippen molar-refractivity contribution in [2.24, 2.45) is 0 Å². The number of carbonyl (C=O) groups excluding carboxylic acids is 4. The van der Waals surface area contributed by atoms with Gasteiger partial charge < -0.3 is 18.2 Å². The summed E-state index contributed by atoms with van der Waals surface area (Å²) in [6, 6.07) is 36.9. The van der Waals surface area contributed by atoms with Crippen LogP contribution in [-0.2, 0) is 84.1 Å². The first-order valence-electron chi connectivity index (χ1n) is 34.0. The van der Waals surface area contributed by atoms with Gasteiger partial charge in [0.15, 0.2) is 63.5 Å². The molecule has 0 aliphatic carbocycles. The Balaban J connectivity index is 0.000000746. The molecule has 0 spiro atoms. The Morgan fingerprint density at radius 2 is 0.391 bits per heavy atom. The molecule has 0 radical (unpaired) electrons. The van der Waals surface area contributed by atoms with Crippen molar-refractivity contribution in [3.63, 3.8) is 0 Å². The summed E-state index contributed by atoms with van der Waals surface area (Å²) < 4.78 is 574. The Kier molecular flexibility index (Phi) is 41.6. The van der Waals surface area contributed by atoms with E-state index in [1.807, 2.05) is 122 Å². The molecule has 0 bridgehead atoms. The Morgan fingerprint density at radius 3 is 0.555 bits per heavy atom. The quantitative estimate of drug-likeness (QED) is 0.0196. The lowest BCUT2D eigenvalue weighted by Crippen LogP contribution is -2.75. The molecule has 0 aromatic heterocycles. The Morgan fingerprint density at radius 1 is 0.242 bits per heavy atom. The highest BCUT2D eigenvalue weighted by Crippen LogP contribution is 2.65. The predicted molar refractivity (Wildman–Crippen MR) is 380 cm³/mol. The highest BCUT2D eigenvalue weighted by atomic mass is 32.2. The SMILES string of the molecule is Cc1ccc(C(=O)C[S+]2CCCC2)cc1.O=C(C[S+]1CCCC1)c1ccccc1.O=C(C[S+]1CCCC1)c1ccccc1.O=C(C[S+]1CCCC1)c1ccccc1.O=S(=O)([O-])C(F)(F)C(F)(F)C(F)(F)C(F)(F)C(F)(F)C(F)(F)C(F)(F)C(F)(F)F.O=S(=O)([O-])C(F)(F)C(F)(F)C(F)(F)C(F)(F)F.O=S(=O)([O-])C(F)(F)C(F)(F)C(F)(F)C(F)(F)F.O=S(=O)([O-])C(F)(F)F. The molecule has 4 aliphatic heterocycles. The largest absolute Gasteiger partial charge is 0.743 e. The first-order valence-corrected chi connectivity index (χ1v) is 46.6. The van der Waals surface area contributed by atoms with E-state index in [0.29, 0.717) is 66.7 Å². The fourth-order valence-corrected chi connectivity index (χ4v) is 19.8. The van der Waals surface area contributed by atoms with Crippen molar-refractivity contribution in [2.45, 2.75) is 157 Å². The number of hydrogen-bond donors (Lipinski definition) is 0. The van der Waals surface area contributed by atoms with Crippen molar-refractivity contribution in [3.8, 4) is 0 Å². The number of Topliss-reactive ketones (excluding diaryl/α,β-unsaturated/α-hetero) is 4. The number of halogens is 38. The standard InChI is InChI=1S/C13H17OS.3C12H15OS.C8HF17O3S.2C4HF9O3S.CHF3O3S/c1-11-4-6-12(7-5-11)13(14)10-15-8-2-3-9-15;3*13-12(10-14-8-4-5-9-14)11-6-2-1-3-7-11;9-1(10,3(13,14)5(17,18)7(21,22)23)2(11,12)4(15,16)6(19,20)8(24,25)29(26,27)28;2*5-1(6,3(9,10)11)2(7,8)4(12,13)17(14,15)16;2-1(3,4)8(5,6)7/h4-7H,2-3,8-10H2,1H3;3*1-3,6-7H,4-5,8-10H2;(H,26,27,28);2*(H,14,15,16);(H,5,6,7)/q4*+1;;;;/p-4. The van der Waals surface area contributed by atoms with Crippen molar-refractivity contribution >= 4 is 107 Å². The second kappa shape index (κ2) is 44.4. The lowest BCUT2D eigenvalue weighted by atomic mass is 9.91. The minimum Gasteiger partial charge on any atom is -0.743 e. The molecule has 4 heterocycles. The van der Waals surface area contributed by atoms with Crippen molar-refractivity contribution in [2.75, 3.05) is 69.0 Å². The third-order valence-electron chi connectivity index (χ3n) is 16.6. The van der Waals surface area contributed by atoms with Gasteiger partial charge in [0.05, 0.1) is 0 Å². The van der Waals surface area contributed by atoms with Crippen molar-refractivity contribution in [1.29, 1.82) is 0 Å². The third kappa shape index (κ3) is 29.2. The van der Waals surface area contributed by atoms with Crippen LogP contribution >= 0.6 is 0 Å². The fourth-order valence-electron chi connectivity index (χ4n) is 9.46. The Labute approximate surface area is 711 Å². The smallest absolute Gasteiger partial charge is 0.485 e. The first-order chi connectivity index (χ1) is 57.1. The van der Waals surface area contributed by atoms with Gasteiger partial charge in [0, 0.05) is 22.3 Å². The number of hydrogen-bond acceptors (Lipinski definition) is 16. The van der Waals surface area contributed by atoms with Gasteiger partial charge in [0.25, 0.3) is 0 Å². The molecule has 62 heteroatoms. The molecular weight excluding hydrogens is 2030 g/mol. The van der Waals surface area contributed by atoms with E-state index < -0.39 is 139 Å². The summed E-state index contributed by atoms with van der Waals surface area (Å²) >= 11 is 0. The summed E-state index contributed by atoms with van der Waals surface area (Å²) in [4.78, 5) is 47.3. The van der Waals surface area contributed by atoms with Gasteiger partial charge >= 0.3 is 99.0 Å². The van der Waals surface area contributed by atoms with Crippen LogP contribution in [0.4, 0.5) is 167 Å². The molecule has 4 fully saturated rings. The van der Waals surface area contributed by atoms with Gasteiger partial charge in [-0.05, 0) is 102 Å². The average molecular weight is 2090 g/mol. The third-order valence-corrected chi connectivity index (χ3v) is 29.4. The van der Waals surface area contributed by atoms with Crippen LogP contribution in [0.5, 0.6) is 0 Å². The van der Waals surface area contributed by atoms with Gasteiger partial charge in [-0.3, -0.25) is 19.2 Å². The maximum absolute atomic E-state index is 13.0. The van der Waals surface area contributed by atoms with E-state index in [9.17, 15) is 225 Å². The van der Waals surface area contributed by atoms with Gasteiger partial charge in [-0.2, -0.15) is 167 Å². The molecule has 0 N–H and O–H groups in total. The second-order valence-electron chi connectivity index (χ2n) is 26.2. The molecule has 0 amide bonds. The number of benzene rings is 4. The number of carbonyl (C=O) groups is 4. The Hall–Kier alpha value is -6.06. The van der Waals surface area contributed by atoms with E-state index in [2.05, 4.69) is 0 Å². The van der Waals surface area contributed by atoms with Gasteiger partial charge in [0.2, 0.25) is 23.1 Å². The summed E-state index contributed by atoms with van der Waals surface area (Å²) in [5.41, 5.74) is -0.895. The van der Waals surface area contributed by atoms with Crippen molar-refractivity contribution in [1.82, 2.24) is 0 Å². The lowest BCUT2D eigenvalue weighted by Gasteiger charge is -2.42. The number of rotatable bonds is 25. The zero-order valence-corrected chi connectivity index (χ0v) is 69.8. The summed E-state index contributed by atoms with van der Waals surface area (Å²) in [6.45, 7) is 2.05. The average Bonchev–Trinajstić information content (AvgIpc) is 0.689. The molecule has 4 saturated heterocycles. The van der Waals surface area contributed by atoms with E-state index in [4.69, 9.17) is 13.0 Å². The zero-order valence-electron chi connectivity index (χ0n) is 63.3. The van der Waals surface area contributed by atoms with Crippen LogP contribution in [0.25, 0.3) is 0 Å². The minimum atomic E-state index is -8.92. The van der Waals surface area contributed by atoms with Crippen LogP contribution in [0, 0.1) is 6.92 Å². The van der Waals surface area contributed by atoms with Crippen LogP contribution < -0.4 is 0 Å². The highest BCUT2D eigenvalue weighted by molar-refractivity contribution is 7.98. The van der Waals surface area contributed by atoms with E-state index in [1.54, 1.807) is 0 Å². The minimum absolute atomic E-state index is 0.329. The maximum atomic E-state index is 13.0. The predicted octanol–water partition coefficient (Wildman–Crippen LogP) is 17.9. The number of alkyl halides is 38. The monoisotopic (exact) mass is 2090 g/mol. The van der Waals surface area contributed by atoms with Crippen LogP contribution in [0.1, 0.15) is 98.4 Å². The van der Waals surface area contributed by atoms with Crippen LogP contribution in [0.3, 0.4) is 0 Å². The molecule has 0 atom stereocenters. The molecule has 4 aromatic carbocycles. The van der Waals surface area contributed by atoms with Crippen LogP contribution in [0.2, 0.25) is 0 Å². The molecule has 16 nitrogen and oxygen atoms in total. The molecule has 0 unspecified atom stereocenters. The van der Waals surface area contributed by atoms with E-state index in [0.717, 1.165) is 45.3 Å². The normalized spacial score (nSPS) is 16.6. The topological polar surface area (TPSA) is 297 Å². The summed E-state index contributed by atoms with van der Waals surface area (Å²) in [6.07, 6.45) is -11.6. The van der Waals surface area contributed by atoms with Crippen molar-refractivity contribution < 1.29 is 238 Å². The molecule has 8 rings (SSSR count). The van der Waals surface area contributed by atoms with Gasteiger partial charge in [-0.25, -0.2) is 33.7 Å². The van der Waals surface area contributed by atoms with Gasteiger partial charge in [0.1, 0.15) is 46.0 Å². The fraction of sp³-hybridized carbons (Fsp3) is 0.576. The van der Waals surface area contributed by atoms with E-state index >= 15 is 0 Å². The molecule has 4 aromatic rings. The van der Waals surface area contributed by atoms with Crippen LogP contribution in [-0.4, -0.2) is 243 Å². The van der Waals surface area contributed by atoms with Crippen LogP contribution in [0.15, 0.2) is 115 Å².